The summed E-state index contributed by atoms with van der Waals surface area (Å²) in [6, 6.07) is 20.5. The van der Waals surface area contributed by atoms with Crippen LogP contribution in [0.3, 0.4) is 0 Å². The first-order valence-electron chi connectivity index (χ1n) is 9.65. The molecule has 0 bridgehead atoms. The van der Waals surface area contributed by atoms with Crippen molar-refractivity contribution in [2.45, 2.75) is 20.0 Å². The second-order valence-electron chi connectivity index (χ2n) is 6.47. The molecule has 2 N–H and O–H groups in total. The third-order valence-electron chi connectivity index (χ3n) is 4.24. The van der Waals surface area contributed by atoms with Gasteiger partial charge in [-0.25, -0.2) is 0 Å². The number of hydrogen-bond donors (Lipinski definition) is 2. The molecule has 0 unspecified atom stereocenters. The third kappa shape index (κ3) is 5.64. The van der Waals surface area contributed by atoms with Crippen LogP contribution in [0.15, 0.2) is 66.7 Å². The van der Waals surface area contributed by atoms with E-state index in [4.69, 9.17) is 14.2 Å². The zero-order valence-corrected chi connectivity index (χ0v) is 16.9. The Hall–Kier alpha value is -3.74. The summed E-state index contributed by atoms with van der Waals surface area (Å²) in [6.45, 7) is 3.67. The number of hydrazine groups is 1. The van der Waals surface area contributed by atoms with E-state index in [1.165, 1.54) is 0 Å². The van der Waals surface area contributed by atoms with E-state index in [1.54, 1.807) is 31.2 Å². The van der Waals surface area contributed by atoms with E-state index in [0.717, 1.165) is 10.8 Å². The number of benzene rings is 3. The molecule has 2 amide bonds. The summed E-state index contributed by atoms with van der Waals surface area (Å²) in [5.74, 6) is 0.584. The fourth-order valence-electron chi connectivity index (χ4n) is 2.75. The summed E-state index contributed by atoms with van der Waals surface area (Å²) in [5.41, 5.74) is 4.66. The average Bonchev–Trinajstić information content (AvgIpc) is 2.77. The van der Waals surface area contributed by atoms with Crippen molar-refractivity contribution >= 4 is 22.6 Å². The average molecular weight is 408 g/mol. The van der Waals surface area contributed by atoms with Crippen LogP contribution in [-0.4, -0.2) is 31.1 Å². The van der Waals surface area contributed by atoms with E-state index in [9.17, 15) is 9.59 Å². The summed E-state index contributed by atoms with van der Waals surface area (Å²) < 4.78 is 16.6. The zero-order chi connectivity index (χ0) is 21.3. The smallest absolute Gasteiger partial charge is 0.279 e. The fraction of sp³-hybridized carbons (Fsp3) is 0.217. The predicted molar refractivity (Wildman–Crippen MR) is 113 cm³/mol. The minimum atomic E-state index is -0.800. The van der Waals surface area contributed by atoms with E-state index in [0.29, 0.717) is 23.9 Å². The van der Waals surface area contributed by atoms with Crippen LogP contribution in [0.2, 0.25) is 0 Å². The molecule has 30 heavy (non-hydrogen) atoms. The predicted octanol–water partition coefficient (Wildman–Crippen LogP) is 3.23. The largest absolute Gasteiger partial charge is 0.490 e. The first-order chi connectivity index (χ1) is 14.6. The van der Waals surface area contributed by atoms with Gasteiger partial charge in [-0.15, -0.1) is 0 Å². The van der Waals surface area contributed by atoms with Crippen molar-refractivity contribution in [3.05, 3.63) is 66.7 Å². The Labute approximate surface area is 174 Å². The van der Waals surface area contributed by atoms with Gasteiger partial charge in [-0.3, -0.25) is 20.4 Å². The first-order valence-corrected chi connectivity index (χ1v) is 9.65. The van der Waals surface area contributed by atoms with Crippen LogP contribution in [0.5, 0.6) is 17.2 Å². The van der Waals surface area contributed by atoms with Crippen LogP contribution in [0.4, 0.5) is 0 Å². The number of rotatable bonds is 8. The number of hydrogen-bond acceptors (Lipinski definition) is 5. The quantitative estimate of drug-likeness (QED) is 0.559. The molecule has 3 aromatic rings. The molecule has 3 aromatic carbocycles. The highest BCUT2D eigenvalue weighted by molar-refractivity contribution is 5.86. The van der Waals surface area contributed by atoms with Crippen molar-refractivity contribution in [2.24, 2.45) is 0 Å². The molecule has 0 heterocycles. The van der Waals surface area contributed by atoms with Gasteiger partial charge in [-0.2, -0.15) is 0 Å². The third-order valence-corrected chi connectivity index (χ3v) is 4.24. The van der Waals surface area contributed by atoms with E-state index in [-0.39, 0.29) is 6.61 Å². The monoisotopic (exact) mass is 408 g/mol. The Kier molecular flexibility index (Phi) is 7.10. The highest BCUT2D eigenvalue weighted by Gasteiger charge is 2.16. The number of nitrogens with one attached hydrogen (secondary N) is 2. The topological polar surface area (TPSA) is 85.9 Å². The Balaban J connectivity index is 1.46. The standard InChI is InChI=1S/C23H24N2O5/c1-3-28-20-10-6-7-11-21(20)29-15-22(26)24-25-23(27)16(2)30-19-13-12-17-8-4-5-9-18(17)14-19/h4-14,16H,3,15H2,1-2H3,(H,24,26)(H,25,27)/t16-/m1/s1. The van der Waals surface area contributed by atoms with Gasteiger partial charge in [0.15, 0.2) is 24.2 Å². The lowest BCUT2D eigenvalue weighted by molar-refractivity contribution is -0.133. The molecule has 7 nitrogen and oxygen atoms in total. The molecule has 0 aliphatic rings. The highest BCUT2D eigenvalue weighted by atomic mass is 16.5. The van der Waals surface area contributed by atoms with Crippen molar-refractivity contribution < 1.29 is 23.8 Å². The van der Waals surface area contributed by atoms with Gasteiger partial charge in [0, 0.05) is 0 Å². The Bertz CT molecular complexity index is 1020. The van der Waals surface area contributed by atoms with E-state index >= 15 is 0 Å². The molecule has 0 aromatic heterocycles. The summed E-state index contributed by atoms with van der Waals surface area (Å²) in [6.07, 6.45) is -0.800. The van der Waals surface area contributed by atoms with Crippen LogP contribution in [-0.2, 0) is 9.59 Å². The molecular formula is C23H24N2O5. The molecule has 156 valence electrons. The minimum absolute atomic E-state index is 0.274. The molecule has 0 radical (unpaired) electrons. The highest BCUT2D eigenvalue weighted by Crippen LogP contribution is 2.26. The van der Waals surface area contributed by atoms with Gasteiger partial charge >= 0.3 is 0 Å². The lowest BCUT2D eigenvalue weighted by Crippen LogP contribution is -2.48. The van der Waals surface area contributed by atoms with Crippen LogP contribution >= 0.6 is 0 Å². The fourth-order valence-corrected chi connectivity index (χ4v) is 2.75. The minimum Gasteiger partial charge on any atom is -0.490 e. The molecule has 3 rings (SSSR count). The van der Waals surface area contributed by atoms with Crippen LogP contribution in [0, 0.1) is 0 Å². The van der Waals surface area contributed by atoms with Crippen molar-refractivity contribution in [3.63, 3.8) is 0 Å². The second kappa shape index (κ2) is 10.2. The Morgan fingerprint density at radius 2 is 1.53 bits per heavy atom. The van der Waals surface area contributed by atoms with E-state index < -0.39 is 17.9 Å². The van der Waals surface area contributed by atoms with E-state index in [2.05, 4.69) is 10.9 Å². The van der Waals surface area contributed by atoms with Gasteiger partial charge in [-0.05, 0) is 48.9 Å². The lowest BCUT2D eigenvalue weighted by atomic mass is 10.1. The van der Waals surface area contributed by atoms with Crippen molar-refractivity contribution in [1.82, 2.24) is 10.9 Å². The summed E-state index contributed by atoms with van der Waals surface area (Å²) >= 11 is 0. The zero-order valence-electron chi connectivity index (χ0n) is 16.9. The van der Waals surface area contributed by atoms with Crippen LogP contribution < -0.4 is 25.1 Å². The van der Waals surface area contributed by atoms with Gasteiger partial charge in [-0.1, -0.05) is 42.5 Å². The van der Waals surface area contributed by atoms with Gasteiger partial charge < -0.3 is 14.2 Å². The Morgan fingerprint density at radius 1 is 0.867 bits per heavy atom. The number of carbonyl (C=O) groups is 2. The maximum absolute atomic E-state index is 12.2. The van der Waals surface area contributed by atoms with Gasteiger partial charge in [0.05, 0.1) is 6.61 Å². The van der Waals surface area contributed by atoms with Crippen molar-refractivity contribution in [1.29, 1.82) is 0 Å². The normalized spacial score (nSPS) is 11.4. The molecule has 0 saturated carbocycles. The summed E-state index contributed by atoms with van der Waals surface area (Å²) in [5, 5.41) is 2.10. The molecule has 1 atom stereocenters. The van der Waals surface area contributed by atoms with Crippen LogP contribution in [0.1, 0.15) is 13.8 Å². The number of fused-ring (bicyclic) bond motifs is 1. The molecule has 0 aliphatic carbocycles. The molecule has 0 spiro atoms. The van der Waals surface area contributed by atoms with Gasteiger partial charge in [0.25, 0.3) is 11.8 Å². The summed E-state index contributed by atoms with van der Waals surface area (Å²) in [7, 11) is 0. The van der Waals surface area contributed by atoms with Crippen molar-refractivity contribution in [3.8, 4) is 17.2 Å². The van der Waals surface area contributed by atoms with E-state index in [1.807, 2.05) is 49.4 Å². The molecule has 0 saturated heterocycles. The Morgan fingerprint density at radius 3 is 2.27 bits per heavy atom. The number of carbonyl (C=O) groups excluding carboxylic acids is 2. The SMILES string of the molecule is CCOc1ccccc1OCC(=O)NNC(=O)[C@@H](C)Oc1ccc2ccccc2c1. The molecule has 0 aliphatic heterocycles. The summed E-state index contributed by atoms with van der Waals surface area (Å²) in [4.78, 5) is 24.2. The number of amides is 2. The second-order valence-corrected chi connectivity index (χ2v) is 6.47. The van der Waals surface area contributed by atoms with Crippen LogP contribution in [0.25, 0.3) is 10.8 Å². The maximum Gasteiger partial charge on any atom is 0.279 e. The molecule has 0 fully saturated rings. The van der Waals surface area contributed by atoms with Gasteiger partial charge in [0.1, 0.15) is 5.75 Å². The lowest BCUT2D eigenvalue weighted by Gasteiger charge is -2.16. The molecular weight excluding hydrogens is 384 g/mol. The number of para-hydroxylation sites is 2. The van der Waals surface area contributed by atoms with Crippen molar-refractivity contribution in [2.75, 3.05) is 13.2 Å². The molecule has 7 heteroatoms. The first kappa shape index (κ1) is 21.0. The number of ether oxygens (including phenoxy) is 3. The van der Waals surface area contributed by atoms with Gasteiger partial charge in [0.2, 0.25) is 0 Å². The maximum atomic E-state index is 12.2.